The third-order valence-electron chi connectivity index (χ3n) is 6.34. The number of anilines is 1. The van der Waals surface area contributed by atoms with Crippen LogP contribution in [0.2, 0.25) is 0 Å². The number of aromatic hydroxyl groups is 1. The van der Waals surface area contributed by atoms with Crippen molar-refractivity contribution in [3.63, 3.8) is 0 Å². The molecule has 0 radical (unpaired) electrons. The molecule has 2 fully saturated rings. The number of hydrogen-bond acceptors (Lipinski definition) is 5. The summed E-state index contributed by atoms with van der Waals surface area (Å²) < 4.78 is 7.45. The van der Waals surface area contributed by atoms with E-state index < -0.39 is 0 Å². The summed E-state index contributed by atoms with van der Waals surface area (Å²) >= 11 is 0. The van der Waals surface area contributed by atoms with Crippen molar-refractivity contribution < 1.29 is 9.84 Å². The molecule has 2 aromatic carbocycles. The maximum atomic E-state index is 11.1. The van der Waals surface area contributed by atoms with E-state index in [4.69, 9.17) is 4.74 Å². The SMILES string of the molecule is Oc1c(C=Nc2ccc(N3CCOCC3)cc2)c2ccccc2n1CN1CCCCC1. The lowest BCUT2D eigenvalue weighted by Gasteiger charge is -2.28. The van der Waals surface area contributed by atoms with Gasteiger partial charge in [0.25, 0.3) is 0 Å². The average Bonchev–Trinajstić information content (AvgIpc) is 3.10. The van der Waals surface area contributed by atoms with Gasteiger partial charge < -0.3 is 14.7 Å². The fraction of sp³-hybridized carbons (Fsp3) is 0.400. The Bertz CT molecular complexity index is 1050. The van der Waals surface area contributed by atoms with Gasteiger partial charge >= 0.3 is 0 Å². The van der Waals surface area contributed by atoms with E-state index in [-0.39, 0.29) is 0 Å². The number of morpholine rings is 1. The first-order valence-corrected chi connectivity index (χ1v) is 11.3. The number of para-hydroxylation sites is 1. The average molecular weight is 419 g/mol. The Hall–Kier alpha value is -2.83. The molecule has 6 nitrogen and oxygen atoms in total. The molecule has 2 aliphatic heterocycles. The van der Waals surface area contributed by atoms with Crippen molar-refractivity contribution in [1.29, 1.82) is 0 Å². The minimum absolute atomic E-state index is 0.292. The molecule has 1 aromatic heterocycles. The van der Waals surface area contributed by atoms with Crippen molar-refractivity contribution in [2.24, 2.45) is 4.99 Å². The summed E-state index contributed by atoms with van der Waals surface area (Å²) in [6.45, 7) is 6.30. The van der Waals surface area contributed by atoms with Gasteiger partial charge in [0.15, 0.2) is 0 Å². The first kappa shape index (κ1) is 20.1. The maximum Gasteiger partial charge on any atom is 0.202 e. The van der Waals surface area contributed by atoms with Crippen LogP contribution in [0.15, 0.2) is 53.5 Å². The molecule has 162 valence electrons. The quantitative estimate of drug-likeness (QED) is 0.625. The Morgan fingerprint density at radius 2 is 1.65 bits per heavy atom. The van der Waals surface area contributed by atoms with Crippen molar-refractivity contribution in [3.8, 4) is 5.88 Å². The lowest BCUT2D eigenvalue weighted by Crippen LogP contribution is -2.36. The van der Waals surface area contributed by atoms with Gasteiger partial charge in [-0.25, -0.2) is 0 Å². The van der Waals surface area contributed by atoms with Gasteiger partial charge in [0.1, 0.15) is 0 Å². The Morgan fingerprint density at radius 1 is 0.903 bits per heavy atom. The molecular weight excluding hydrogens is 388 g/mol. The summed E-state index contributed by atoms with van der Waals surface area (Å²) in [5, 5.41) is 12.1. The number of fused-ring (bicyclic) bond motifs is 1. The molecule has 5 rings (SSSR count). The van der Waals surface area contributed by atoms with Crippen LogP contribution in [0.3, 0.4) is 0 Å². The maximum absolute atomic E-state index is 11.1. The van der Waals surface area contributed by atoms with E-state index in [0.29, 0.717) is 12.5 Å². The van der Waals surface area contributed by atoms with Crippen LogP contribution in [-0.2, 0) is 11.4 Å². The largest absolute Gasteiger partial charge is 0.494 e. The second-order valence-electron chi connectivity index (χ2n) is 8.38. The van der Waals surface area contributed by atoms with Crippen molar-refractivity contribution in [3.05, 3.63) is 54.1 Å². The predicted molar refractivity (Wildman–Crippen MR) is 126 cm³/mol. The van der Waals surface area contributed by atoms with Gasteiger partial charge in [-0.05, 0) is 56.3 Å². The summed E-state index contributed by atoms with van der Waals surface area (Å²) in [6, 6.07) is 16.5. The van der Waals surface area contributed by atoms with Gasteiger partial charge in [-0.3, -0.25) is 14.5 Å². The van der Waals surface area contributed by atoms with E-state index in [1.54, 1.807) is 6.21 Å². The zero-order chi connectivity index (χ0) is 21.0. The lowest BCUT2D eigenvalue weighted by molar-refractivity contribution is 0.122. The number of nitrogens with zero attached hydrogens (tertiary/aromatic N) is 4. The highest BCUT2D eigenvalue weighted by molar-refractivity contribution is 6.03. The lowest BCUT2D eigenvalue weighted by atomic mass is 10.1. The molecular formula is C25H30N4O2. The Balaban J connectivity index is 1.39. The van der Waals surface area contributed by atoms with Crippen LogP contribution < -0.4 is 4.90 Å². The highest BCUT2D eigenvalue weighted by atomic mass is 16.5. The molecule has 3 heterocycles. The van der Waals surface area contributed by atoms with Crippen molar-refractivity contribution in [2.75, 3.05) is 44.3 Å². The topological polar surface area (TPSA) is 53.2 Å². The fourth-order valence-corrected chi connectivity index (χ4v) is 4.60. The standard InChI is InChI=1S/C25H30N4O2/c30-25-23(18-26-20-8-10-21(11-9-20)28-14-16-31-17-15-28)22-6-2-3-7-24(22)29(25)19-27-12-4-1-5-13-27/h2-3,6-11,18,30H,1,4-5,12-17,19H2. The first-order valence-electron chi connectivity index (χ1n) is 11.3. The number of benzene rings is 2. The Kier molecular flexibility index (Phi) is 5.91. The minimum atomic E-state index is 0.292. The third kappa shape index (κ3) is 4.31. The summed E-state index contributed by atoms with van der Waals surface area (Å²) in [5.74, 6) is 0.292. The number of rotatable bonds is 5. The number of hydrogen-bond donors (Lipinski definition) is 1. The van der Waals surface area contributed by atoms with Crippen molar-refractivity contribution in [2.45, 2.75) is 25.9 Å². The zero-order valence-electron chi connectivity index (χ0n) is 17.9. The molecule has 1 N–H and O–H groups in total. The van der Waals surface area contributed by atoms with E-state index in [1.807, 2.05) is 28.8 Å². The van der Waals surface area contributed by atoms with Crippen LogP contribution in [0.5, 0.6) is 5.88 Å². The van der Waals surface area contributed by atoms with Crippen LogP contribution in [0.25, 0.3) is 10.9 Å². The van der Waals surface area contributed by atoms with E-state index in [2.05, 4.69) is 39.1 Å². The van der Waals surface area contributed by atoms with E-state index in [1.165, 1.54) is 24.9 Å². The van der Waals surface area contributed by atoms with E-state index >= 15 is 0 Å². The molecule has 3 aromatic rings. The minimum Gasteiger partial charge on any atom is -0.494 e. The van der Waals surface area contributed by atoms with Gasteiger partial charge in [0.05, 0.1) is 36.6 Å². The molecule has 0 unspecified atom stereocenters. The Morgan fingerprint density at radius 3 is 2.42 bits per heavy atom. The molecule has 0 amide bonds. The molecule has 0 aliphatic carbocycles. The van der Waals surface area contributed by atoms with Crippen LogP contribution in [0.4, 0.5) is 11.4 Å². The summed E-state index contributed by atoms with van der Waals surface area (Å²) in [7, 11) is 0. The van der Waals surface area contributed by atoms with Gasteiger partial charge in [-0.1, -0.05) is 24.6 Å². The smallest absolute Gasteiger partial charge is 0.202 e. The second kappa shape index (κ2) is 9.12. The summed E-state index contributed by atoms with van der Waals surface area (Å²) in [4.78, 5) is 9.43. The molecule has 0 spiro atoms. The third-order valence-corrected chi connectivity index (χ3v) is 6.34. The first-order chi connectivity index (χ1) is 15.3. The number of aromatic nitrogens is 1. The van der Waals surface area contributed by atoms with Crippen LogP contribution in [0.1, 0.15) is 24.8 Å². The highest BCUT2D eigenvalue weighted by Crippen LogP contribution is 2.31. The normalized spacial score (nSPS) is 18.3. The second-order valence-corrected chi connectivity index (χ2v) is 8.38. The zero-order valence-corrected chi connectivity index (χ0v) is 17.9. The monoisotopic (exact) mass is 418 g/mol. The van der Waals surface area contributed by atoms with Gasteiger partial charge in [-0.15, -0.1) is 0 Å². The van der Waals surface area contributed by atoms with Crippen LogP contribution >= 0.6 is 0 Å². The number of likely N-dealkylation sites (tertiary alicyclic amines) is 1. The fourth-order valence-electron chi connectivity index (χ4n) is 4.60. The van der Waals surface area contributed by atoms with Gasteiger partial charge in [0, 0.05) is 30.4 Å². The summed E-state index contributed by atoms with van der Waals surface area (Å²) in [5.41, 5.74) is 3.91. The van der Waals surface area contributed by atoms with E-state index in [9.17, 15) is 5.11 Å². The van der Waals surface area contributed by atoms with Crippen LogP contribution in [-0.4, -0.2) is 60.2 Å². The molecule has 0 bridgehead atoms. The van der Waals surface area contributed by atoms with Crippen molar-refractivity contribution in [1.82, 2.24) is 9.47 Å². The van der Waals surface area contributed by atoms with E-state index in [0.717, 1.165) is 61.5 Å². The van der Waals surface area contributed by atoms with Crippen molar-refractivity contribution >= 4 is 28.5 Å². The molecule has 31 heavy (non-hydrogen) atoms. The highest BCUT2D eigenvalue weighted by Gasteiger charge is 2.18. The van der Waals surface area contributed by atoms with Gasteiger partial charge in [0.2, 0.25) is 5.88 Å². The molecule has 6 heteroatoms. The predicted octanol–water partition coefficient (Wildman–Crippen LogP) is 4.38. The number of ether oxygens (including phenoxy) is 1. The molecule has 0 saturated carbocycles. The molecule has 0 atom stereocenters. The molecule has 2 aliphatic rings. The van der Waals surface area contributed by atoms with Crippen LogP contribution in [0, 0.1) is 0 Å². The summed E-state index contributed by atoms with van der Waals surface area (Å²) in [6.07, 6.45) is 5.56. The molecule has 2 saturated heterocycles. The number of aliphatic imine (C=N–C) groups is 1. The Labute approximate surface area is 183 Å². The number of piperidine rings is 1. The van der Waals surface area contributed by atoms with Gasteiger partial charge in [-0.2, -0.15) is 0 Å².